The van der Waals surface area contributed by atoms with Gasteiger partial charge in [-0.2, -0.15) is 0 Å². The summed E-state index contributed by atoms with van der Waals surface area (Å²) in [4.78, 5) is 10.4. The Morgan fingerprint density at radius 2 is 1.95 bits per heavy atom. The Bertz CT molecular complexity index is 588. The van der Waals surface area contributed by atoms with Gasteiger partial charge in [0.1, 0.15) is 5.02 Å². The first-order valence-corrected chi connectivity index (χ1v) is 7.65. The number of hydrogen-bond donors (Lipinski definition) is 1. The molecule has 4 rings (SSSR count). The Balaban J connectivity index is 1.56. The molecule has 0 heterocycles. The number of nitro benzene ring substituents is 1. The van der Waals surface area contributed by atoms with E-state index in [9.17, 15) is 10.1 Å². The molecule has 3 fully saturated rings. The fourth-order valence-corrected chi connectivity index (χ4v) is 4.89. The van der Waals surface area contributed by atoms with Gasteiger partial charge in [0.2, 0.25) is 0 Å². The van der Waals surface area contributed by atoms with Crippen LogP contribution in [-0.4, -0.2) is 11.0 Å². The predicted octanol–water partition coefficient (Wildman–Crippen LogP) is 4.01. The number of nitro groups is 1. The summed E-state index contributed by atoms with van der Waals surface area (Å²) in [6.45, 7) is 1.90. The maximum Gasteiger partial charge on any atom is 0.288 e. The number of benzene rings is 1. The second-order valence-electron chi connectivity index (χ2n) is 6.53. The summed E-state index contributed by atoms with van der Waals surface area (Å²) in [6, 6.07) is 3.85. The summed E-state index contributed by atoms with van der Waals surface area (Å²) in [5, 5.41) is 14.7. The Morgan fingerprint density at radius 1 is 1.30 bits per heavy atom. The Hall–Kier alpha value is -1.29. The first kappa shape index (κ1) is 12.5. The summed E-state index contributed by atoms with van der Waals surface area (Å²) >= 11 is 6.01. The van der Waals surface area contributed by atoms with E-state index in [0.717, 1.165) is 34.9 Å². The fraction of sp³-hybridized carbons (Fsp3) is 0.600. The van der Waals surface area contributed by atoms with Gasteiger partial charge in [0.05, 0.1) is 4.92 Å². The SMILES string of the molecule is Cc1cc([N+](=O)[O-])c(Cl)cc1NC1C2C3CCC(C3)C12. The zero-order valence-corrected chi connectivity index (χ0v) is 12.1. The summed E-state index contributed by atoms with van der Waals surface area (Å²) in [5.41, 5.74) is 1.85. The Morgan fingerprint density at radius 3 is 2.55 bits per heavy atom. The van der Waals surface area contributed by atoms with Crippen molar-refractivity contribution in [1.82, 2.24) is 0 Å². The van der Waals surface area contributed by atoms with Crippen molar-refractivity contribution in [1.29, 1.82) is 0 Å². The van der Waals surface area contributed by atoms with Crippen LogP contribution in [-0.2, 0) is 0 Å². The van der Waals surface area contributed by atoms with E-state index in [4.69, 9.17) is 11.6 Å². The van der Waals surface area contributed by atoms with Crippen molar-refractivity contribution in [2.75, 3.05) is 5.32 Å². The summed E-state index contributed by atoms with van der Waals surface area (Å²) in [7, 11) is 0. The molecule has 4 nitrogen and oxygen atoms in total. The molecule has 3 aliphatic rings. The van der Waals surface area contributed by atoms with Crippen LogP contribution >= 0.6 is 11.6 Å². The van der Waals surface area contributed by atoms with Crippen LogP contribution in [0.15, 0.2) is 12.1 Å². The van der Waals surface area contributed by atoms with Crippen LogP contribution in [0.3, 0.4) is 0 Å². The molecule has 1 N–H and O–H groups in total. The van der Waals surface area contributed by atoms with Gasteiger partial charge in [-0.3, -0.25) is 10.1 Å². The highest BCUT2D eigenvalue weighted by Crippen LogP contribution is 2.66. The molecule has 5 heteroatoms. The molecule has 0 saturated heterocycles. The highest BCUT2D eigenvalue weighted by molar-refractivity contribution is 6.33. The number of aryl methyl sites for hydroxylation is 1. The first-order chi connectivity index (χ1) is 9.56. The van der Waals surface area contributed by atoms with E-state index in [1.807, 2.05) is 6.92 Å². The van der Waals surface area contributed by atoms with Crippen LogP contribution in [0.1, 0.15) is 24.8 Å². The largest absolute Gasteiger partial charge is 0.381 e. The van der Waals surface area contributed by atoms with Crippen molar-refractivity contribution in [2.45, 2.75) is 32.2 Å². The molecular formula is C15H17ClN2O2. The standard InChI is InChI=1S/C15H17ClN2O2/c1-7-4-12(18(19)20)10(16)6-11(7)17-15-13-8-2-3-9(5-8)14(13)15/h4,6,8-9,13-15,17H,2-3,5H2,1H3. The zero-order chi connectivity index (χ0) is 14.0. The van der Waals surface area contributed by atoms with Crippen LogP contribution in [0.4, 0.5) is 11.4 Å². The van der Waals surface area contributed by atoms with Gasteiger partial charge in [-0.1, -0.05) is 11.6 Å². The molecule has 4 atom stereocenters. The zero-order valence-electron chi connectivity index (χ0n) is 11.3. The minimum atomic E-state index is -0.425. The predicted molar refractivity (Wildman–Crippen MR) is 78.1 cm³/mol. The van der Waals surface area contributed by atoms with E-state index in [2.05, 4.69) is 5.32 Å². The molecule has 106 valence electrons. The topological polar surface area (TPSA) is 55.2 Å². The number of anilines is 1. The quantitative estimate of drug-likeness (QED) is 0.676. The number of fused-ring (bicyclic) bond motifs is 5. The van der Waals surface area contributed by atoms with E-state index < -0.39 is 4.92 Å². The maximum atomic E-state index is 10.9. The molecular weight excluding hydrogens is 276 g/mol. The normalized spacial score (nSPS) is 36.8. The molecule has 0 aromatic heterocycles. The van der Waals surface area contributed by atoms with Gasteiger partial charge in [-0.15, -0.1) is 0 Å². The van der Waals surface area contributed by atoms with Crippen LogP contribution in [0.2, 0.25) is 5.02 Å². The Labute approximate surface area is 122 Å². The van der Waals surface area contributed by atoms with Gasteiger partial charge in [-0.25, -0.2) is 0 Å². The summed E-state index contributed by atoms with van der Waals surface area (Å²) in [5.74, 6) is 3.50. The molecule has 1 aromatic carbocycles. The van der Waals surface area contributed by atoms with Crippen LogP contribution in [0.5, 0.6) is 0 Å². The molecule has 3 aliphatic carbocycles. The average molecular weight is 293 g/mol. The van der Waals surface area contributed by atoms with Gasteiger partial charge < -0.3 is 5.32 Å². The maximum absolute atomic E-state index is 10.9. The van der Waals surface area contributed by atoms with Crippen molar-refractivity contribution in [3.8, 4) is 0 Å². The third kappa shape index (κ3) is 1.67. The lowest BCUT2D eigenvalue weighted by Gasteiger charge is -2.14. The molecule has 4 unspecified atom stereocenters. The van der Waals surface area contributed by atoms with Crippen molar-refractivity contribution in [3.63, 3.8) is 0 Å². The molecule has 20 heavy (non-hydrogen) atoms. The lowest BCUT2D eigenvalue weighted by atomic mass is 10.0. The molecule has 0 radical (unpaired) electrons. The Kier molecular flexibility index (Phi) is 2.56. The van der Waals surface area contributed by atoms with E-state index in [-0.39, 0.29) is 10.7 Å². The first-order valence-electron chi connectivity index (χ1n) is 7.27. The molecule has 3 saturated carbocycles. The van der Waals surface area contributed by atoms with Gasteiger partial charge in [0, 0.05) is 17.8 Å². The van der Waals surface area contributed by atoms with Gasteiger partial charge in [0.15, 0.2) is 0 Å². The number of rotatable bonds is 3. The van der Waals surface area contributed by atoms with Crippen LogP contribution in [0.25, 0.3) is 0 Å². The lowest BCUT2D eigenvalue weighted by molar-refractivity contribution is -0.384. The highest BCUT2D eigenvalue weighted by atomic mass is 35.5. The van der Waals surface area contributed by atoms with Gasteiger partial charge >= 0.3 is 0 Å². The second-order valence-corrected chi connectivity index (χ2v) is 6.94. The van der Waals surface area contributed by atoms with E-state index in [1.54, 1.807) is 12.1 Å². The van der Waals surface area contributed by atoms with E-state index in [1.165, 1.54) is 19.3 Å². The van der Waals surface area contributed by atoms with Crippen molar-refractivity contribution < 1.29 is 4.92 Å². The minimum absolute atomic E-state index is 0.00854. The average Bonchev–Trinajstić information content (AvgIpc) is 2.80. The van der Waals surface area contributed by atoms with Crippen LogP contribution < -0.4 is 5.32 Å². The second kappa shape index (κ2) is 4.10. The molecule has 0 amide bonds. The fourth-order valence-electron chi connectivity index (χ4n) is 4.66. The molecule has 2 bridgehead atoms. The lowest BCUT2D eigenvalue weighted by Crippen LogP contribution is -2.13. The van der Waals surface area contributed by atoms with Gasteiger partial charge in [-0.05, 0) is 61.5 Å². The van der Waals surface area contributed by atoms with E-state index in [0.29, 0.717) is 6.04 Å². The highest BCUT2D eigenvalue weighted by Gasteiger charge is 2.65. The number of nitrogens with one attached hydrogen (secondary N) is 1. The molecule has 0 spiro atoms. The van der Waals surface area contributed by atoms with Crippen LogP contribution in [0, 0.1) is 40.7 Å². The number of halogens is 1. The monoisotopic (exact) mass is 292 g/mol. The molecule has 0 aliphatic heterocycles. The minimum Gasteiger partial charge on any atom is -0.381 e. The summed E-state index contributed by atoms with van der Waals surface area (Å²) in [6.07, 6.45) is 4.21. The smallest absolute Gasteiger partial charge is 0.288 e. The van der Waals surface area contributed by atoms with Crippen molar-refractivity contribution >= 4 is 23.0 Å². The molecule has 1 aromatic rings. The third-order valence-electron chi connectivity index (χ3n) is 5.55. The van der Waals surface area contributed by atoms with Crippen molar-refractivity contribution in [3.05, 3.63) is 32.8 Å². The van der Waals surface area contributed by atoms with E-state index >= 15 is 0 Å². The number of nitrogens with zero attached hydrogens (tertiary/aromatic N) is 1. The van der Waals surface area contributed by atoms with Crippen molar-refractivity contribution in [2.24, 2.45) is 23.7 Å². The van der Waals surface area contributed by atoms with Gasteiger partial charge in [0.25, 0.3) is 5.69 Å². The number of hydrogen-bond acceptors (Lipinski definition) is 3. The summed E-state index contributed by atoms with van der Waals surface area (Å²) < 4.78 is 0. The third-order valence-corrected chi connectivity index (χ3v) is 5.85.